The Hall–Kier alpha value is -1.91. The molecular weight excluding hydrogens is 306 g/mol. The lowest BCUT2D eigenvalue weighted by molar-refractivity contribution is 0.0512. The molecule has 0 aliphatic heterocycles. The summed E-state index contributed by atoms with van der Waals surface area (Å²) in [6.07, 6.45) is 2.19. The Balaban J connectivity index is 1.77. The van der Waals surface area contributed by atoms with E-state index in [1.54, 1.807) is 11.3 Å². The van der Waals surface area contributed by atoms with E-state index in [4.69, 9.17) is 16.3 Å². The van der Waals surface area contributed by atoms with Gasteiger partial charge in [-0.05, 0) is 11.4 Å². The molecule has 3 rings (SSSR count). The topological polar surface area (TPSA) is 39.2 Å². The lowest BCUT2D eigenvalue weighted by Gasteiger charge is -2.07. The average molecular weight is 318 g/mol. The van der Waals surface area contributed by atoms with Gasteiger partial charge in [0.15, 0.2) is 0 Å². The molecule has 0 N–H and O–H groups in total. The number of carbonyl (C=O) groups excluding carboxylic acids is 1. The van der Waals surface area contributed by atoms with Crippen LogP contribution in [0.25, 0.3) is 10.8 Å². The Morgan fingerprint density at radius 2 is 2.00 bits per heavy atom. The predicted octanol–water partition coefficient (Wildman–Crippen LogP) is 4.35. The van der Waals surface area contributed by atoms with Crippen molar-refractivity contribution < 1.29 is 9.53 Å². The van der Waals surface area contributed by atoms with E-state index in [2.05, 4.69) is 4.98 Å². The molecule has 0 radical (unpaired) electrons. The van der Waals surface area contributed by atoms with Gasteiger partial charge in [0.05, 0.1) is 12.2 Å². The molecule has 0 bridgehead atoms. The standard InChI is InChI=1S/C16H12ClNO2S/c17-15-13-6-2-1-5-12(13)14(10-18-15)16(19)20-8-7-11-4-3-9-21-11/h1-6,9-10H,7-8H2. The number of pyridine rings is 1. The molecule has 0 fully saturated rings. The monoisotopic (exact) mass is 317 g/mol. The molecule has 0 aliphatic rings. The van der Waals surface area contributed by atoms with Crippen LogP contribution in [-0.4, -0.2) is 17.6 Å². The molecule has 0 aliphatic carbocycles. The van der Waals surface area contributed by atoms with Gasteiger partial charge in [-0.3, -0.25) is 0 Å². The van der Waals surface area contributed by atoms with Crippen molar-refractivity contribution in [3.05, 3.63) is 63.6 Å². The van der Waals surface area contributed by atoms with Crippen LogP contribution in [0.1, 0.15) is 15.2 Å². The van der Waals surface area contributed by atoms with Crippen LogP contribution >= 0.6 is 22.9 Å². The van der Waals surface area contributed by atoms with Crippen molar-refractivity contribution >= 4 is 39.7 Å². The van der Waals surface area contributed by atoms with Gasteiger partial charge >= 0.3 is 5.97 Å². The van der Waals surface area contributed by atoms with Crippen LogP contribution in [0, 0.1) is 0 Å². The molecule has 2 heterocycles. The molecule has 0 amide bonds. The van der Waals surface area contributed by atoms with Crippen molar-refractivity contribution in [2.24, 2.45) is 0 Å². The molecule has 21 heavy (non-hydrogen) atoms. The van der Waals surface area contributed by atoms with Crippen LogP contribution < -0.4 is 0 Å². The number of rotatable bonds is 4. The number of hydrogen-bond acceptors (Lipinski definition) is 4. The molecule has 1 aromatic carbocycles. The molecule has 106 valence electrons. The van der Waals surface area contributed by atoms with E-state index in [0.717, 1.165) is 17.2 Å². The van der Waals surface area contributed by atoms with Crippen molar-refractivity contribution in [3.8, 4) is 0 Å². The third-order valence-electron chi connectivity index (χ3n) is 3.13. The molecule has 0 saturated heterocycles. The van der Waals surface area contributed by atoms with Gasteiger partial charge in [-0.2, -0.15) is 0 Å². The molecule has 2 aromatic heterocycles. The largest absolute Gasteiger partial charge is 0.462 e. The summed E-state index contributed by atoms with van der Waals surface area (Å²) in [5.41, 5.74) is 0.446. The Kier molecular flexibility index (Phi) is 4.18. The van der Waals surface area contributed by atoms with Crippen LogP contribution in [0.15, 0.2) is 48.0 Å². The average Bonchev–Trinajstić information content (AvgIpc) is 3.01. The maximum Gasteiger partial charge on any atom is 0.340 e. The van der Waals surface area contributed by atoms with Crippen LogP contribution in [0.5, 0.6) is 0 Å². The second kappa shape index (κ2) is 6.24. The second-order valence-corrected chi connectivity index (χ2v) is 5.86. The fraction of sp³-hybridized carbons (Fsp3) is 0.125. The van der Waals surface area contributed by atoms with Crippen LogP contribution in [-0.2, 0) is 11.2 Å². The summed E-state index contributed by atoms with van der Waals surface area (Å²) in [5.74, 6) is -0.369. The molecule has 0 saturated carbocycles. The summed E-state index contributed by atoms with van der Waals surface area (Å²) >= 11 is 7.70. The van der Waals surface area contributed by atoms with Gasteiger partial charge in [-0.25, -0.2) is 9.78 Å². The highest BCUT2D eigenvalue weighted by atomic mass is 35.5. The SMILES string of the molecule is O=C(OCCc1cccs1)c1cnc(Cl)c2ccccc12. The number of benzene rings is 1. The molecule has 3 nitrogen and oxygen atoms in total. The third-order valence-corrected chi connectivity index (χ3v) is 4.37. The summed E-state index contributed by atoms with van der Waals surface area (Å²) in [6, 6.07) is 11.4. The number of hydrogen-bond donors (Lipinski definition) is 0. The van der Waals surface area contributed by atoms with Crippen LogP contribution in [0.2, 0.25) is 5.15 Å². The molecule has 3 aromatic rings. The van der Waals surface area contributed by atoms with Crippen molar-refractivity contribution in [1.29, 1.82) is 0 Å². The van der Waals surface area contributed by atoms with Gasteiger partial charge in [-0.15, -0.1) is 11.3 Å². The Morgan fingerprint density at radius 1 is 1.19 bits per heavy atom. The van der Waals surface area contributed by atoms with Crippen molar-refractivity contribution in [2.45, 2.75) is 6.42 Å². The number of aromatic nitrogens is 1. The maximum absolute atomic E-state index is 12.2. The predicted molar refractivity (Wildman–Crippen MR) is 85.1 cm³/mol. The lowest BCUT2D eigenvalue weighted by atomic mass is 10.1. The van der Waals surface area contributed by atoms with Gasteiger partial charge in [0, 0.05) is 28.3 Å². The summed E-state index contributed by atoms with van der Waals surface area (Å²) in [6.45, 7) is 0.357. The zero-order valence-corrected chi connectivity index (χ0v) is 12.7. The Morgan fingerprint density at radius 3 is 2.76 bits per heavy atom. The van der Waals surface area contributed by atoms with Gasteiger partial charge in [-0.1, -0.05) is 41.9 Å². The summed E-state index contributed by atoms with van der Waals surface area (Å²) in [5, 5.41) is 3.92. The normalized spacial score (nSPS) is 10.7. The van der Waals surface area contributed by atoms with Gasteiger partial charge in [0.25, 0.3) is 0 Å². The van der Waals surface area contributed by atoms with E-state index in [9.17, 15) is 4.79 Å². The van der Waals surface area contributed by atoms with E-state index in [0.29, 0.717) is 17.3 Å². The lowest BCUT2D eigenvalue weighted by Crippen LogP contribution is -2.09. The molecule has 0 spiro atoms. The number of nitrogens with zero attached hydrogens (tertiary/aromatic N) is 1. The van der Waals surface area contributed by atoms with Gasteiger partial charge in [0.2, 0.25) is 0 Å². The fourth-order valence-corrected chi connectivity index (χ4v) is 3.00. The molecule has 0 unspecified atom stereocenters. The van der Waals surface area contributed by atoms with Crippen molar-refractivity contribution in [3.63, 3.8) is 0 Å². The first-order chi connectivity index (χ1) is 10.3. The van der Waals surface area contributed by atoms with Gasteiger partial charge in [0.1, 0.15) is 5.15 Å². The Labute approximate surface area is 131 Å². The molecule has 5 heteroatoms. The number of fused-ring (bicyclic) bond motifs is 1. The number of carbonyl (C=O) groups is 1. The van der Waals surface area contributed by atoms with E-state index >= 15 is 0 Å². The first-order valence-electron chi connectivity index (χ1n) is 6.48. The summed E-state index contributed by atoms with van der Waals surface area (Å²) < 4.78 is 5.33. The maximum atomic E-state index is 12.2. The number of ether oxygens (including phenoxy) is 1. The summed E-state index contributed by atoms with van der Waals surface area (Å²) in [7, 11) is 0. The quantitative estimate of drug-likeness (QED) is 0.530. The number of halogens is 1. The first kappa shape index (κ1) is 14.0. The van der Waals surface area contributed by atoms with E-state index < -0.39 is 0 Å². The van der Waals surface area contributed by atoms with Gasteiger partial charge < -0.3 is 4.74 Å². The number of esters is 1. The van der Waals surface area contributed by atoms with E-state index in [1.165, 1.54) is 11.1 Å². The van der Waals surface area contributed by atoms with Crippen LogP contribution in [0.3, 0.4) is 0 Å². The van der Waals surface area contributed by atoms with E-state index in [1.807, 2.05) is 41.8 Å². The van der Waals surface area contributed by atoms with Crippen molar-refractivity contribution in [1.82, 2.24) is 4.98 Å². The number of thiophene rings is 1. The zero-order chi connectivity index (χ0) is 14.7. The summed E-state index contributed by atoms with van der Waals surface area (Å²) in [4.78, 5) is 17.4. The third kappa shape index (κ3) is 3.06. The second-order valence-electron chi connectivity index (χ2n) is 4.47. The highest BCUT2D eigenvalue weighted by Crippen LogP contribution is 2.24. The Bertz CT molecular complexity index is 771. The smallest absolute Gasteiger partial charge is 0.340 e. The molecule has 0 atom stereocenters. The highest BCUT2D eigenvalue weighted by Gasteiger charge is 2.14. The minimum atomic E-state index is -0.369. The minimum Gasteiger partial charge on any atom is -0.462 e. The minimum absolute atomic E-state index is 0.357. The fourth-order valence-electron chi connectivity index (χ4n) is 2.10. The van der Waals surface area contributed by atoms with E-state index in [-0.39, 0.29) is 5.97 Å². The first-order valence-corrected chi connectivity index (χ1v) is 7.74. The van der Waals surface area contributed by atoms with Crippen molar-refractivity contribution in [2.75, 3.05) is 6.61 Å². The molecular formula is C16H12ClNO2S. The van der Waals surface area contributed by atoms with Crippen LogP contribution in [0.4, 0.5) is 0 Å². The zero-order valence-electron chi connectivity index (χ0n) is 11.1. The highest BCUT2D eigenvalue weighted by molar-refractivity contribution is 7.09.